The summed E-state index contributed by atoms with van der Waals surface area (Å²) in [7, 11) is -4.54. The van der Waals surface area contributed by atoms with E-state index in [1.807, 2.05) is 61.5 Å². The second-order valence-electron chi connectivity index (χ2n) is 9.33. The van der Waals surface area contributed by atoms with E-state index in [0.717, 1.165) is 21.5 Å². The molecule has 11 heteroatoms. The Morgan fingerprint density at radius 3 is 2.53 bits per heavy atom. The topological polar surface area (TPSA) is 131 Å². The molecule has 3 aromatic carbocycles. The van der Waals surface area contributed by atoms with Crippen LogP contribution in [-0.2, 0) is 31.8 Å². The zero-order valence-electron chi connectivity index (χ0n) is 20.7. The maximum atomic E-state index is 14.2. The third kappa shape index (κ3) is 4.32. The molecular formula is C27H28N4O6S. The van der Waals surface area contributed by atoms with Gasteiger partial charge in [0.15, 0.2) is 4.90 Å². The maximum Gasteiger partial charge on any atom is 0.289 e. The molecule has 2 aliphatic heterocycles. The van der Waals surface area contributed by atoms with Gasteiger partial charge in [-0.1, -0.05) is 67.6 Å². The molecule has 1 fully saturated rings. The van der Waals surface area contributed by atoms with Crippen LogP contribution in [0.4, 0.5) is 11.4 Å². The summed E-state index contributed by atoms with van der Waals surface area (Å²) in [5.74, 6) is -0.481. The number of hydrogen-bond donors (Lipinski definition) is 2. The number of rotatable bonds is 9. The molecule has 0 radical (unpaired) electrons. The van der Waals surface area contributed by atoms with Gasteiger partial charge in [-0.25, -0.2) is 8.42 Å². The number of nitrogens with zero attached hydrogens (tertiary/aromatic N) is 2. The highest BCUT2D eigenvalue weighted by Gasteiger charge is 2.64. The number of carbonyl (C=O) groups is 1. The van der Waals surface area contributed by atoms with E-state index in [0.29, 0.717) is 18.7 Å². The van der Waals surface area contributed by atoms with Crippen LogP contribution in [0.15, 0.2) is 83.8 Å². The second kappa shape index (κ2) is 10.2. The summed E-state index contributed by atoms with van der Waals surface area (Å²) in [6.07, 6.45) is -0.315. The second-order valence-corrected chi connectivity index (χ2v) is 11.1. The molecule has 198 valence electrons. The SMILES string of the molecule is CCCNC(=O)[C@H]1C[C@]2(OCc3ccccc3)c3ccccc3N[C@H]2N1S(=O)(=O)c1ccccc1[N+](=O)[O-]. The first-order valence-corrected chi connectivity index (χ1v) is 13.8. The lowest BCUT2D eigenvalue weighted by Crippen LogP contribution is -2.52. The minimum absolute atomic E-state index is 0.0317. The molecule has 3 atom stereocenters. The van der Waals surface area contributed by atoms with Crippen molar-refractivity contribution in [1.82, 2.24) is 9.62 Å². The van der Waals surface area contributed by atoms with Crippen LogP contribution in [0.3, 0.4) is 0 Å². The number of hydrogen-bond acceptors (Lipinski definition) is 7. The predicted molar refractivity (Wildman–Crippen MR) is 141 cm³/mol. The average molecular weight is 537 g/mol. The van der Waals surface area contributed by atoms with Gasteiger partial charge in [0.25, 0.3) is 15.7 Å². The molecular weight excluding hydrogens is 508 g/mol. The molecule has 10 nitrogen and oxygen atoms in total. The van der Waals surface area contributed by atoms with Crippen molar-refractivity contribution in [2.75, 3.05) is 11.9 Å². The van der Waals surface area contributed by atoms with Gasteiger partial charge in [-0.15, -0.1) is 0 Å². The molecule has 0 aromatic heterocycles. The third-order valence-electron chi connectivity index (χ3n) is 6.98. The van der Waals surface area contributed by atoms with Crippen LogP contribution >= 0.6 is 0 Å². The van der Waals surface area contributed by atoms with Crippen molar-refractivity contribution in [2.24, 2.45) is 0 Å². The Bertz CT molecular complexity index is 1470. The molecule has 5 rings (SSSR count). The number of fused-ring (bicyclic) bond motifs is 3. The summed E-state index contributed by atoms with van der Waals surface area (Å²) in [6, 6.07) is 20.8. The van der Waals surface area contributed by atoms with Gasteiger partial charge < -0.3 is 15.4 Å². The molecule has 1 saturated heterocycles. The smallest absolute Gasteiger partial charge is 0.289 e. The number of ether oxygens (including phenoxy) is 1. The first-order chi connectivity index (χ1) is 18.3. The van der Waals surface area contributed by atoms with Gasteiger partial charge >= 0.3 is 0 Å². The van der Waals surface area contributed by atoms with Crippen LogP contribution < -0.4 is 10.6 Å². The van der Waals surface area contributed by atoms with E-state index in [9.17, 15) is 23.3 Å². The molecule has 0 spiro atoms. The summed E-state index contributed by atoms with van der Waals surface area (Å²) < 4.78 is 36.0. The van der Waals surface area contributed by atoms with Crippen molar-refractivity contribution in [3.8, 4) is 0 Å². The van der Waals surface area contributed by atoms with Crippen molar-refractivity contribution in [2.45, 2.75) is 49.1 Å². The van der Waals surface area contributed by atoms with Gasteiger partial charge in [0.1, 0.15) is 17.8 Å². The van der Waals surface area contributed by atoms with Crippen LogP contribution in [-0.4, -0.2) is 42.3 Å². The van der Waals surface area contributed by atoms with Gasteiger partial charge in [0.2, 0.25) is 5.91 Å². The molecule has 1 amide bonds. The van der Waals surface area contributed by atoms with Crippen molar-refractivity contribution >= 4 is 27.3 Å². The molecule has 0 unspecified atom stereocenters. The quantitative estimate of drug-likeness (QED) is 0.315. The molecule has 2 heterocycles. The number of nitro groups is 1. The van der Waals surface area contributed by atoms with E-state index in [4.69, 9.17) is 4.74 Å². The van der Waals surface area contributed by atoms with Crippen LogP contribution in [0.5, 0.6) is 0 Å². The van der Waals surface area contributed by atoms with Crippen molar-refractivity contribution < 1.29 is 22.9 Å². The van der Waals surface area contributed by atoms with Gasteiger partial charge in [0, 0.05) is 30.3 Å². The van der Waals surface area contributed by atoms with E-state index in [1.54, 1.807) is 0 Å². The predicted octanol–water partition coefficient (Wildman–Crippen LogP) is 3.75. The number of sulfonamides is 1. The fourth-order valence-electron chi connectivity index (χ4n) is 5.26. The minimum Gasteiger partial charge on any atom is -0.366 e. The zero-order chi connectivity index (χ0) is 26.9. The van der Waals surface area contributed by atoms with Gasteiger partial charge in [-0.3, -0.25) is 14.9 Å². The monoisotopic (exact) mass is 536 g/mol. The number of amides is 1. The maximum absolute atomic E-state index is 14.2. The molecule has 0 aliphatic carbocycles. The van der Waals surface area contributed by atoms with Crippen molar-refractivity contribution in [3.63, 3.8) is 0 Å². The highest BCUT2D eigenvalue weighted by Crippen LogP contribution is 2.54. The van der Waals surface area contributed by atoms with Gasteiger partial charge in [-0.2, -0.15) is 4.31 Å². The average Bonchev–Trinajstić information content (AvgIpc) is 3.42. The van der Waals surface area contributed by atoms with Crippen molar-refractivity contribution in [3.05, 3.63) is 100 Å². The standard InChI is InChI=1S/C27H28N4O6S/c1-2-16-28-25(32)23-17-27(37-18-19-10-4-3-5-11-19)20-12-6-7-13-21(20)29-26(27)30(23)38(35,36)24-15-9-8-14-22(24)31(33)34/h3-15,23,26,29H,2,16-18H2,1H3,(H,28,32)/t23-,26+,27+/m1/s1. The summed E-state index contributed by atoms with van der Waals surface area (Å²) in [4.78, 5) is 24.0. The Balaban J connectivity index is 1.65. The van der Waals surface area contributed by atoms with Gasteiger partial charge in [0.05, 0.1) is 11.5 Å². The van der Waals surface area contributed by atoms with E-state index < -0.39 is 49.2 Å². The molecule has 3 aromatic rings. The summed E-state index contributed by atoms with van der Waals surface area (Å²) in [5, 5.41) is 17.8. The lowest BCUT2D eigenvalue weighted by Gasteiger charge is -2.32. The summed E-state index contributed by atoms with van der Waals surface area (Å²) >= 11 is 0. The third-order valence-corrected chi connectivity index (χ3v) is 8.91. The minimum atomic E-state index is -4.54. The first kappa shape index (κ1) is 25.8. The Labute approximate surface area is 220 Å². The van der Waals surface area contributed by atoms with Crippen LogP contribution in [0.2, 0.25) is 0 Å². The number of carbonyl (C=O) groups excluding carboxylic acids is 1. The van der Waals surface area contributed by atoms with Crippen LogP contribution in [0, 0.1) is 10.1 Å². The number of para-hydroxylation sites is 2. The van der Waals surface area contributed by atoms with Crippen LogP contribution in [0.25, 0.3) is 0 Å². The molecule has 2 aliphatic rings. The van der Waals surface area contributed by atoms with Gasteiger partial charge in [-0.05, 0) is 24.1 Å². The lowest BCUT2D eigenvalue weighted by molar-refractivity contribution is -0.387. The largest absolute Gasteiger partial charge is 0.366 e. The molecule has 0 bridgehead atoms. The Hall–Kier alpha value is -3.80. The Morgan fingerprint density at radius 1 is 1.11 bits per heavy atom. The first-order valence-electron chi connectivity index (χ1n) is 12.4. The number of nitrogens with one attached hydrogen (secondary N) is 2. The number of nitro benzene ring substituents is 1. The molecule has 0 saturated carbocycles. The van der Waals surface area contributed by atoms with Crippen molar-refractivity contribution in [1.29, 1.82) is 0 Å². The highest BCUT2D eigenvalue weighted by molar-refractivity contribution is 7.89. The lowest BCUT2D eigenvalue weighted by atomic mass is 9.90. The van der Waals surface area contributed by atoms with E-state index in [-0.39, 0.29) is 13.0 Å². The normalized spacial score (nSPS) is 22.3. The van der Waals surface area contributed by atoms with Crippen LogP contribution in [0.1, 0.15) is 30.9 Å². The Morgan fingerprint density at radius 2 is 1.79 bits per heavy atom. The van der Waals surface area contributed by atoms with E-state index in [2.05, 4.69) is 10.6 Å². The summed E-state index contributed by atoms with van der Waals surface area (Å²) in [6.45, 7) is 2.44. The highest BCUT2D eigenvalue weighted by atomic mass is 32.2. The molecule has 2 N–H and O–H groups in total. The molecule has 38 heavy (non-hydrogen) atoms. The van der Waals surface area contributed by atoms with E-state index >= 15 is 0 Å². The fraction of sp³-hybridized carbons (Fsp3) is 0.296. The fourth-order valence-corrected chi connectivity index (χ4v) is 7.15. The van der Waals surface area contributed by atoms with E-state index in [1.165, 1.54) is 18.2 Å². The number of benzene rings is 3. The summed E-state index contributed by atoms with van der Waals surface area (Å²) in [5.41, 5.74) is 0.530. The number of anilines is 1. The Kier molecular flexibility index (Phi) is 6.91. The zero-order valence-corrected chi connectivity index (χ0v) is 21.6.